The number of nitriles is 1. The van der Waals surface area contributed by atoms with Crippen LogP contribution < -0.4 is 10.1 Å². The quantitative estimate of drug-likeness (QED) is 0.268. The van der Waals surface area contributed by atoms with E-state index in [1.807, 2.05) is 0 Å². The Morgan fingerprint density at radius 3 is 2.24 bits per heavy atom. The van der Waals surface area contributed by atoms with Gasteiger partial charge in [-0.3, -0.25) is 4.79 Å². The zero-order valence-electron chi connectivity index (χ0n) is 18.5. The Morgan fingerprint density at radius 2 is 1.65 bits per heavy atom. The Kier molecular flexibility index (Phi) is 7.64. The zero-order chi connectivity index (χ0) is 26.7. The highest BCUT2D eigenvalue weighted by Crippen LogP contribution is 2.33. The van der Waals surface area contributed by atoms with Crippen molar-refractivity contribution >= 4 is 40.7 Å². The summed E-state index contributed by atoms with van der Waals surface area (Å²) in [5.41, 5.74) is 2.00. The lowest BCUT2D eigenvalue weighted by atomic mass is 10.1. The first-order valence-corrected chi connectivity index (χ1v) is 11.6. The highest BCUT2D eigenvalue weighted by atomic mass is 35.5. The summed E-state index contributed by atoms with van der Waals surface area (Å²) in [4.78, 5) is 12.6. The van der Waals surface area contributed by atoms with E-state index in [1.54, 1.807) is 36.4 Å². The first-order valence-electron chi connectivity index (χ1n) is 10.4. The lowest BCUT2D eigenvalue weighted by Gasteiger charge is -2.10. The molecule has 0 aliphatic carbocycles. The average Bonchev–Trinajstić information content (AvgIpc) is 3.20. The Morgan fingerprint density at radius 1 is 1.00 bits per heavy atom. The fraction of sp³-hybridized carbons (Fsp3) is 0.0800. The molecule has 12 heteroatoms. The first kappa shape index (κ1) is 26.4. The summed E-state index contributed by atoms with van der Waals surface area (Å²) < 4.78 is 42.4. The summed E-state index contributed by atoms with van der Waals surface area (Å²) in [5, 5.41) is 18.3. The van der Waals surface area contributed by atoms with E-state index >= 15 is 0 Å². The summed E-state index contributed by atoms with van der Waals surface area (Å²) >= 11 is 18.5. The zero-order valence-corrected chi connectivity index (χ0v) is 20.8. The van der Waals surface area contributed by atoms with Crippen LogP contribution in [0.5, 0.6) is 5.75 Å². The van der Waals surface area contributed by atoms with E-state index in [0.29, 0.717) is 27.0 Å². The normalized spacial score (nSPS) is 11.2. The molecule has 0 radical (unpaired) electrons. The van der Waals surface area contributed by atoms with Crippen LogP contribution in [0.1, 0.15) is 21.6 Å². The molecule has 0 saturated carbocycles. The van der Waals surface area contributed by atoms with Gasteiger partial charge in [-0.25, -0.2) is 4.68 Å². The molecular formula is C25H14Cl3F3N4O2. The van der Waals surface area contributed by atoms with Crippen molar-refractivity contribution in [1.29, 1.82) is 5.26 Å². The van der Waals surface area contributed by atoms with Crippen molar-refractivity contribution in [2.75, 3.05) is 0 Å². The molecule has 4 rings (SSSR count). The summed E-state index contributed by atoms with van der Waals surface area (Å²) in [6, 6.07) is 18.1. The molecule has 3 aromatic carbocycles. The molecule has 0 aliphatic rings. The van der Waals surface area contributed by atoms with Crippen molar-refractivity contribution in [2.45, 2.75) is 12.9 Å². The van der Waals surface area contributed by atoms with Gasteiger partial charge in [0.1, 0.15) is 23.1 Å². The number of alkyl halides is 3. The van der Waals surface area contributed by atoms with E-state index < -0.39 is 18.0 Å². The lowest BCUT2D eigenvalue weighted by Crippen LogP contribution is -2.23. The highest BCUT2D eigenvalue weighted by molar-refractivity contribution is 6.35. The van der Waals surface area contributed by atoms with Crippen molar-refractivity contribution < 1.29 is 22.7 Å². The molecular weight excluding hydrogens is 552 g/mol. The topological polar surface area (TPSA) is 79.9 Å². The van der Waals surface area contributed by atoms with Gasteiger partial charge in [0.25, 0.3) is 5.91 Å². The number of nitrogens with zero attached hydrogens (tertiary/aromatic N) is 3. The number of benzene rings is 3. The molecule has 0 aliphatic heterocycles. The number of hydrogen-bond donors (Lipinski definition) is 1. The van der Waals surface area contributed by atoms with Gasteiger partial charge in [-0.2, -0.15) is 10.4 Å². The molecule has 4 aromatic rings. The Bertz CT molecular complexity index is 1500. The number of carbonyl (C=O) groups excluding carboxylic acids is 1. The van der Waals surface area contributed by atoms with E-state index in [-0.39, 0.29) is 28.4 Å². The Labute approximate surface area is 223 Å². The molecule has 0 spiro atoms. The summed E-state index contributed by atoms with van der Waals surface area (Å²) in [7, 11) is 0. The molecule has 1 heterocycles. The van der Waals surface area contributed by atoms with Crippen molar-refractivity contribution in [3.05, 3.63) is 98.6 Å². The molecule has 1 N–H and O–H groups in total. The molecule has 0 unspecified atom stereocenters. The maximum atomic E-state index is 12.6. The standard InChI is InChI=1S/C25H14Cl3F3N4O2/c26-16-5-1-14(2-6-16)23-19(12-32)21(34-35(23)22-10-7-17(27)11-20(22)28)13-33-24(36)15-3-8-18(9-4-15)37-25(29,30)31/h1-11H,13H2,(H,33,36). The minimum absolute atomic E-state index is 0.0890. The predicted molar refractivity (Wildman–Crippen MR) is 133 cm³/mol. The minimum atomic E-state index is -4.84. The van der Waals surface area contributed by atoms with Crippen LogP contribution in [0.4, 0.5) is 13.2 Å². The molecule has 1 aromatic heterocycles. The third-order valence-electron chi connectivity index (χ3n) is 5.09. The van der Waals surface area contributed by atoms with Crippen LogP contribution in [0.15, 0.2) is 66.7 Å². The van der Waals surface area contributed by atoms with Crippen LogP contribution in [0.25, 0.3) is 16.9 Å². The largest absolute Gasteiger partial charge is 0.573 e. The van der Waals surface area contributed by atoms with Gasteiger partial charge in [-0.1, -0.05) is 46.9 Å². The number of aromatic nitrogens is 2. The van der Waals surface area contributed by atoms with Gasteiger partial charge < -0.3 is 10.1 Å². The average molecular weight is 566 g/mol. The van der Waals surface area contributed by atoms with Crippen LogP contribution in [0.2, 0.25) is 15.1 Å². The second-order valence-corrected chi connectivity index (χ2v) is 8.83. The summed E-state index contributed by atoms with van der Waals surface area (Å²) in [6.45, 7) is -0.151. The molecule has 37 heavy (non-hydrogen) atoms. The lowest BCUT2D eigenvalue weighted by molar-refractivity contribution is -0.274. The van der Waals surface area contributed by atoms with Gasteiger partial charge in [0.15, 0.2) is 0 Å². The molecule has 188 valence electrons. The van der Waals surface area contributed by atoms with Gasteiger partial charge in [0, 0.05) is 21.2 Å². The number of nitrogens with one attached hydrogen (secondary N) is 1. The predicted octanol–water partition coefficient (Wildman–Crippen LogP) is 7.20. The summed E-state index contributed by atoms with van der Waals surface area (Å²) in [6.07, 6.45) is -4.84. The highest BCUT2D eigenvalue weighted by Gasteiger charge is 2.31. The second-order valence-electron chi connectivity index (χ2n) is 7.55. The van der Waals surface area contributed by atoms with Crippen molar-refractivity contribution in [1.82, 2.24) is 15.1 Å². The SMILES string of the molecule is N#Cc1c(CNC(=O)c2ccc(OC(F)(F)F)cc2)nn(-c2ccc(Cl)cc2Cl)c1-c1ccc(Cl)cc1. The first-order chi connectivity index (χ1) is 17.6. The molecule has 6 nitrogen and oxygen atoms in total. The monoisotopic (exact) mass is 564 g/mol. The van der Waals surface area contributed by atoms with Crippen LogP contribution in [-0.2, 0) is 6.54 Å². The fourth-order valence-corrected chi connectivity index (χ4v) is 4.09. The van der Waals surface area contributed by atoms with E-state index in [0.717, 1.165) is 12.1 Å². The number of carbonyl (C=O) groups is 1. The van der Waals surface area contributed by atoms with Crippen LogP contribution in [0.3, 0.4) is 0 Å². The van der Waals surface area contributed by atoms with E-state index in [2.05, 4.69) is 21.2 Å². The maximum absolute atomic E-state index is 12.6. The van der Waals surface area contributed by atoms with Gasteiger partial charge in [-0.05, 0) is 54.6 Å². The van der Waals surface area contributed by atoms with E-state index in [4.69, 9.17) is 34.8 Å². The van der Waals surface area contributed by atoms with Crippen LogP contribution in [-0.4, -0.2) is 22.1 Å². The molecule has 0 fully saturated rings. The maximum Gasteiger partial charge on any atom is 0.573 e. The number of ether oxygens (including phenoxy) is 1. The van der Waals surface area contributed by atoms with Crippen molar-refractivity contribution in [3.8, 4) is 28.8 Å². The van der Waals surface area contributed by atoms with Gasteiger partial charge in [0.2, 0.25) is 0 Å². The third kappa shape index (κ3) is 6.17. The molecule has 0 atom stereocenters. The Balaban J connectivity index is 1.67. The summed E-state index contributed by atoms with van der Waals surface area (Å²) in [5.74, 6) is -1.04. The van der Waals surface area contributed by atoms with Gasteiger partial charge in [-0.15, -0.1) is 13.2 Å². The van der Waals surface area contributed by atoms with Crippen LogP contribution >= 0.6 is 34.8 Å². The number of amides is 1. The van der Waals surface area contributed by atoms with Crippen LogP contribution in [0, 0.1) is 11.3 Å². The smallest absolute Gasteiger partial charge is 0.406 e. The van der Waals surface area contributed by atoms with E-state index in [9.17, 15) is 23.2 Å². The Hall–Kier alpha value is -3.71. The molecule has 0 bridgehead atoms. The molecule has 0 saturated heterocycles. The minimum Gasteiger partial charge on any atom is -0.406 e. The van der Waals surface area contributed by atoms with Crippen molar-refractivity contribution in [3.63, 3.8) is 0 Å². The van der Waals surface area contributed by atoms with Crippen molar-refractivity contribution in [2.24, 2.45) is 0 Å². The number of halogens is 6. The van der Waals surface area contributed by atoms with Gasteiger partial charge in [0.05, 0.1) is 22.9 Å². The van der Waals surface area contributed by atoms with Gasteiger partial charge >= 0.3 is 6.36 Å². The number of rotatable bonds is 6. The fourth-order valence-electron chi connectivity index (χ4n) is 3.48. The molecule has 1 amide bonds. The third-order valence-corrected chi connectivity index (χ3v) is 5.88. The van der Waals surface area contributed by atoms with E-state index in [1.165, 1.54) is 22.9 Å². The second kappa shape index (κ2) is 10.7. The number of hydrogen-bond acceptors (Lipinski definition) is 4.